The molecule has 3 aromatic rings. The molecule has 0 saturated carbocycles. The molecule has 8 heteroatoms. The highest BCUT2D eigenvalue weighted by atomic mass is 35.5. The number of piperazine rings is 1. The van der Waals surface area contributed by atoms with Crippen LogP contribution in [0.4, 0.5) is 10.1 Å². The van der Waals surface area contributed by atoms with Crippen molar-refractivity contribution in [1.82, 2.24) is 14.8 Å². The van der Waals surface area contributed by atoms with E-state index in [9.17, 15) is 9.18 Å². The Labute approximate surface area is 179 Å². The summed E-state index contributed by atoms with van der Waals surface area (Å²) < 4.78 is 14.7. The summed E-state index contributed by atoms with van der Waals surface area (Å²) in [6.07, 6.45) is 2.10. The van der Waals surface area contributed by atoms with Crippen LogP contribution in [0.1, 0.15) is 11.1 Å². The monoisotopic (exact) mass is 428 g/mol. The van der Waals surface area contributed by atoms with Crippen molar-refractivity contribution in [3.05, 3.63) is 87.0 Å². The summed E-state index contributed by atoms with van der Waals surface area (Å²) >= 11 is 6.11. The van der Waals surface area contributed by atoms with Gasteiger partial charge in [0, 0.05) is 43.2 Å². The maximum atomic E-state index is 13.5. The highest BCUT2D eigenvalue weighted by molar-refractivity contribution is 6.30. The van der Waals surface area contributed by atoms with E-state index in [0.29, 0.717) is 35.8 Å². The smallest absolute Gasteiger partial charge is 0.277 e. The predicted molar refractivity (Wildman–Crippen MR) is 115 cm³/mol. The number of hydroxylamine groups is 2. The number of nitrogens with zero attached hydrogens (tertiary/aromatic N) is 4. The fourth-order valence-electron chi connectivity index (χ4n) is 3.63. The number of benzene rings is 2. The second kappa shape index (κ2) is 8.95. The maximum Gasteiger partial charge on any atom is 0.277 e. The largest absolute Gasteiger partial charge is 0.367 e. The number of rotatable bonds is 5. The van der Waals surface area contributed by atoms with Crippen LogP contribution in [-0.2, 0) is 11.3 Å². The Kier molecular flexibility index (Phi) is 6.13. The van der Waals surface area contributed by atoms with Gasteiger partial charge in [0.2, 0.25) is 0 Å². The van der Waals surface area contributed by atoms with Gasteiger partial charge in [0.15, 0.2) is 0 Å². The van der Waals surface area contributed by atoms with Gasteiger partial charge in [-0.05, 0) is 35.9 Å². The summed E-state index contributed by atoms with van der Waals surface area (Å²) in [5.41, 5.74) is 2.65. The molecular formula is C22H22ClFN4O2. The first-order valence-electron chi connectivity index (χ1n) is 9.71. The molecule has 0 aliphatic carbocycles. The van der Waals surface area contributed by atoms with Gasteiger partial charge in [0.05, 0.1) is 24.7 Å². The summed E-state index contributed by atoms with van der Waals surface area (Å²) in [6.45, 7) is 2.88. The molecule has 0 atom stereocenters. The van der Waals surface area contributed by atoms with E-state index in [1.807, 2.05) is 5.06 Å². The van der Waals surface area contributed by atoms with E-state index in [4.69, 9.17) is 16.4 Å². The lowest BCUT2D eigenvalue weighted by Gasteiger charge is -2.35. The Morgan fingerprint density at radius 3 is 2.50 bits per heavy atom. The third-order valence-corrected chi connectivity index (χ3v) is 5.47. The Morgan fingerprint density at radius 2 is 1.83 bits per heavy atom. The van der Waals surface area contributed by atoms with Crippen LogP contribution >= 0.6 is 11.6 Å². The number of hydrogen-bond acceptors (Lipinski definition) is 5. The molecule has 0 N–H and O–H groups in total. The third kappa shape index (κ3) is 4.38. The lowest BCUT2D eigenvalue weighted by Crippen LogP contribution is -2.46. The average Bonchev–Trinajstić information content (AvgIpc) is 2.76. The van der Waals surface area contributed by atoms with Gasteiger partial charge in [-0.2, -0.15) is 14.8 Å². The molecule has 4 rings (SSSR count). The van der Waals surface area contributed by atoms with Crippen LogP contribution < -0.4 is 10.5 Å². The van der Waals surface area contributed by atoms with E-state index in [2.05, 4.69) is 10.00 Å². The average molecular weight is 429 g/mol. The second-order valence-electron chi connectivity index (χ2n) is 7.11. The molecule has 1 fully saturated rings. The fourth-order valence-corrected chi connectivity index (χ4v) is 3.81. The lowest BCUT2D eigenvalue weighted by atomic mass is 10.0. The van der Waals surface area contributed by atoms with Crippen LogP contribution in [0.5, 0.6) is 0 Å². The van der Waals surface area contributed by atoms with Crippen molar-refractivity contribution in [2.24, 2.45) is 0 Å². The van der Waals surface area contributed by atoms with Crippen molar-refractivity contribution in [3.8, 4) is 5.69 Å². The van der Waals surface area contributed by atoms with Gasteiger partial charge < -0.3 is 9.74 Å². The van der Waals surface area contributed by atoms with Gasteiger partial charge in [-0.1, -0.05) is 29.8 Å². The Morgan fingerprint density at radius 1 is 1.10 bits per heavy atom. The molecule has 2 heterocycles. The van der Waals surface area contributed by atoms with Crippen LogP contribution in [0.3, 0.4) is 0 Å². The minimum Gasteiger partial charge on any atom is -0.367 e. The van der Waals surface area contributed by atoms with Crippen molar-refractivity contribution in [1.29, 1.82) is 0 Å². The van der Waals surface area contributed by atoms with E-state index in [1.165, 1.54) is 16.8 Å². The predicted octanol–water partition coefficient (Wildman–Crippen LogP) is 3.30. The van der Waals surface area contributed by atoms with E-state index in [0.717, 1.165) is 24.3 Å². The summed E-state index contributed by atoms with van der Waals surface area (Å²) in [7, 11) is 1.66. The molecule has 30 heavy (non-hydrogen) atoms. The van der Waals surface area contributed by atoms with Gasteiger partial charge in [0.1, 0.15) is 5.82 Å². The first-order valence-corrected chi connectivity index (χ1v) is 10.1. The zero-order valence-electron chi connectivity index (χ0n) is 16.6. The molecule has 0 bridgehead atoms. The number of hydrogen-bond donors (Lipinski definition) is 0. The topological polar surface area (TPSA) is 50.6 Å². The van der Waals surface area contributed by atoms with E-state index in [-0.39, 0.29) is 11.4 Å². The first kappa shape index (κ1) is 20.5. The third-order valence-electron chi connectivity index (χ3n) is 5.24. The van der Waals surface area contributed by atoms with Crippen molar-refractivity contribution in [2.45, 2.75) is 6.42 Å². The first-order chi connectivity index (χ1) is 14.5. The Balaban J connectivity index is 1.76. The van der Waals surface area contributed by atoms with E-state index < -0.39 is 0 Å². The zero-order chi connectivity index (χ0) is 21.1. The molecule has 1 aliphatic heterocycles. The van der Waals surface area contributed by atoms with E-state index >= 15 is 0 Å². The summed E-state index contributed by atoms with van der Waals surface area (Å²) in [5, 5.41) is 6.83. The Hall–Kier alpha value is -2.74. The van der Waals surface area contributed by atoms with Crippen LogP contribution in [0.15, 0.2) is 59.5 Å². The molecule has 1 aliphatic rings. The van der Waals surface area contributed by atoms with Crippen LogP contribution in [0.2, 0.25) is 5.02 Å². The quantitative estimate of drug-likeness (QED) is 0.624. The number of halogens is 2. The SMILES string of the molecule is CON1CCN(c2cnn(-c3cccc(Cl)c3)c(=O)c2Cc2ccc(F)cc2)CC1. The second-order valence-corrected chi connectivity index (χ2v) is 7.54. The molecular weight excluding hydrogens is 407 g/mol. The van der Waals surface area contributed by atoms with Crippen LogP contribution in [0, 0.1) is 5.82 Å². The lowest BCUT2D eigenvalue weighted by molar-refractivity contribution is -0.133. The summed E-state index contributed by atoms with van der Waals surface area (Å²) in [6, 6.07) is 13.2. The minimum atomic E-state index is -0.305. The molecule has 6 nitrogen and oxygen atoms in total. The van der Waals surface area contributed by atoms with Gasteiger partial charge in [-0.25, -0.2) is 4.39 Å². The van der Waals surface area contributed by atoms with Crippen molar-refractivity contribution < 1.29 is 9.23 Å². The highest BCUT2D eigenvalue weighted by Gasteiger charge is 2.22. The normalized spacial score (nSPS) is 14.8. The molecule has 156 valence electrons. The molecule has 0 radical (unpaired) electrons. The Bertz CT molecular complexity index is 1080. The van der Waals surface area contributed by atoms with Gasteiger partial charge in [0.25, 0.3) is 5.56 Å². The van der Waals surface area contributed by atoms with Crippen LogP contribution in [0.25, 0.3) is 5.69 Å². The van der Waals surface area contributed by atoms with Gasteiger partial charge in [-0.3, -0.25) is 4.79 Å². The van der Waals surface area contributed by atoms with Gasteiger partial charge in [-0.15, -0.1) is 0 Å². The molecule has 1 aromatic heterocycles. The summed E-state index contributed by atoms with van der Waals surface area (Å²) in [5.74, 6) is -0.305. The number of anilines is 1. The highest BCUT2D eigenvalue weighted by Crippen LogP contribution is 2.22. The zero-order valence-corrected chi connectivity index (χ0v) is 17.3. The molecule has 1 saturated heterocycles. The molecule has 0 unspecified atom stereocenters. The maximum absolute atomic E-state index is 13.5. The van der Waals surface area contributed by atoms with E-state index in [1.54, 1.807) is 49.7 Å². The molecule has 0 amide bonds. The van der Waals surface area contributed by atoms with Gasteiger partial charge >= 0.3 is 0 Å². The van der Waals surface area contributed by atoms with Crippen molar-refractivity contribution in [2.75, 3.05) is 38.2 Å². The molecule has 0 spiro atoms. The van der Waals surface area contributed by atoms with Crippen molar-refractivity contribution >= 4 is 17.3 Å². The fraction of sp³-hybridized carbons (Fsp3) is 0.273. The van der Waals surface area contributed by atoms with Crippen molar-refractivity contribution in [3.63, 3.8) is 0 Å². The number of aromatic nitrogens is 2. The molecule has 2 aromatic carbocycles. The van der Waals surface area contributed by atoms with Crippen LogP contribution in [-0.4, -0.2) is 48.1 Å². The summed E-state index contributed by atoms with van der Waals surface area (Å²) in [4.78, 5) is 20.9. The minimum absolute atomic E-state index is 0.215. The standard InChI is InChI=1S/C22H22ClFN4O2/c1-30-27-11-9-26(10-12-27)21-15-25-28(19-4-2-3-17(23)14-19)22(29)20(21)13-16-5-7-18(24)8-6-16/h2-8,14-15H,9-13H2,1H3.